The van der Waals surface area contributed by atoms with Gasteiger partial charge < -0.3 is 9.47 Å². The van der Waals surface area contributed by atoms with E-state index in [1.165, 1.54) is 12.4 Å². The van der Waals surface area contributed by atoms with E-state index in [1.807, 2.05) is 0 Å². The van der Waals surface area contributed by atoms with Crippen molar-refractivity contribution in [1.29, 1.82) is 0 Å². The fourth-order valence-corrected chi connectivity index (χ4v) is 2.79. The van der Waals surface area contributed by atoms with Crippen LogP contribution in [0.15, 0.2) is 36.7 Å². The lowest BCUT2D eigenvalue weighted by atomic mass is 10.1. The molecule has 29 heavy (non-hydrogen) atoms. The number of aromatic nitrogens is 2. The van der Waals surface area contributed by atoms with E-state index in [4.69, 9.17) is 15.9 Å². The number of rotatable bonds is 4. The molecule has 0 aliphatic heterocycles. The molecule has 0 bridgehead atoms. The minimum Gasteiger partial charge on any atom is -0.426 e. The zero-order chi connectivity index (χ0) is 20.3. The highest BCUT2D eigenvalue weighted by Gasteiger charge is 2.24. The molecule has 1 saturated carbocycles. The molecule has 0 saturated heterocycles. The normalized spacial score (nSPS) is 12.1. The molecule has 0 unspecified atom stereocenters. The van der Waals surface area contributed by atoms with Crippen molar-refractivity contribution in [2.45, 2.75) is 25.7 Å². The number of benzene rings is 1. The van der Waals surface area contributed by atoms with Gasteiger partial charge >= 0.3 is 5.97 Å². The Morgan fingerprint density at radius 2 is 1.59 bits per heavy atom. The van der Waals surface area contributed by atoms with Crippen LogP contribution in [0, 0.1) is 54.0 Å². The van der Waals surface area contributed by atoms with Gasteiger partial charge in [0.1, 0.15) is 11.9 Å². The van der Waals surface area contributed by atoms with E-state index < -0.39 is 0 Å². The molecule has 1 aromatic carbocycles. The SMILES string of the molecule is C#CC#CC#CC#COc1cnc(-c2ccc(OC(=O)C3CCCC3)cc2)nc1. The number of nitrogens with zero attached hydrogens (tertiary/aromatic N) is 2. The predicted molar refractivity (Wildman–Crippen MR) is 108 cm³/mol. The average molecular weight is 380 g/mol. The van der Waals surface area contributed by atoms with Gasteiger partial charge in [-0.15, -0.1) is 6.42 Å². The lowest BCUT2D eigenvalue weighted by Crippen LogP contribution is -2.17. The third kappa shape index (κ3) is 5.90. The monoisotopic (exact) mass is 380 g/mol. The minimum atomic E-state index is -0.151. The predicted octanol–water partition coefficient (Wildman–Crippen LogP) is 3.22. The Morgan fingerprint density at radius 3 is 2.28 bits per heavy atom. The van der Waals surface area contributed by atoms with Crippen molar-refractivity contribution in [3.8, 4) is 70.9 Å². The quantitative estimate of drug-likeness (QED) is 0.463. The molecule has 1 aliphatic rings. The van der Waals surface area contributed by atoms with Crippen LogP contribution in [-0.2, 0) is 4.79 Å². The largest absolute Gasteiger partial charge is 0.426 e. The van der Waals surface area contributed by atoms with Gasteiger partial charge in [0.15, 0.2) is 11.6 Å². The first-order chi connectivity index (χ1) is 14.3. The van der Waals surface area contributed by atoms with Crippen molar-refractivity contribution in [3.05, 3.63) is 36.7 Å². The summed E-state index contributed by atoms with van der Waals surface area (Å²) in [4.78, 5) is 20.6. The average Bonchev–Trinajstić information content (AvgIpc) is 3.29. The summed E-state index contributed by atoms with van der Waals surface area (Å²) in [6, 6.07) is 7.09. The van der Waals surface area contributed by atoms with Crippen LogP contribution < -0.4 is 9.47 Å². The second-order valence-electron chi connectivity index (χ2n) is 6.14. The second-order valence-corrected chi connectivity index (χ2v) is 6.14. The van der Waals surface area contributed by atoms with Crippen LogP contribution in [0.3, 0.4) is 0 Å². The van der Waals surface area contributed by atoms with E-state index in [9.17, 15) is 4.79 Å². The Balaban J connectivity index is 1.57. The summed E-state index contributed by atoms with van der Waals surface area (Å²) in [5.74, 6) is 15.7. The number of hydrogen-bond acceptors (Lipinski definition) is 5. The maximum Gasteiger partial charge on any atom is 0.314 e. The molecular weight excluding hydrogens is 364 g/mol. The molecule has 5 nitrogen and oxygen atoms in total. The highest BCUT2D eigenvalue weighted by molar-refractivity contribution is 5.75. The highest BCUT2D eigenvalue weighted by atomic mass is 16.5. The van der Waals surface area contributed by atoms with Crippen LogP contribution in [-0.4, -0.2) is 15.9 Å². The molecule has 140 valence electrons. The fourth-order valence-electron chi connectivity index (χ4n) is 2.79. The van der Waals surface area contributed by atoms with Gasteiger partial charge in [0.25, 0.3) is 0 Å². The summed E-state index contributed by atoms with van der Waals surface area (Å²) < 4.78 is 10.6. The number of terminal acetylenes is 1. The summed E-state index contributed by atoms with van der Waals surface area (Å²) in [6.45, 7) is 0. The van der Waals surface area contributed by atoms with Gasteiger partial charge in [-0.1, -0.05) is 12.8 Å². The van der Waals surface area contributed by atoms with Crippen LogP contribution in [0.5, 0.6) is 11.5 Å². The zero-order valence-corrected chi connectivity index (χ0v) is 15.6. The van der Waals surface area contributed by atoms with Gasteiger partial charge in [-0.25, -0.2) is 9.97 Å². The zero-order valence-electron chi connectivity index (χ0n) is 15.6. The van der Waals surface area contributed by atoms with Crippen molar-refractivity contribution >= 4 is 5.97 Å². The minimum absolute atomic E-state index is 0.0236. The fraction of sp³-hybridized carbons (Fsp3) is 0.208. The molecule has 0 amide bonds. The van der Waals surface area contributed by atoms with Gasteiger partial charge in [0.05, 0.1) is 18.3 Å². The molecule has 5 heteroatoms. The molecule has 1 heterocycles. The standard InChI is InChI=1S/C24H16N2O3/c1-2-3-4-5-6-9-16-28-22-17-25-23(26-18-22)19-12-14-21(15-13-19)29-24(27)20-10-7-8-11-20/h1,12-15,17-18,20H,7-8,10-11H2. The van der Waals surface area contributed by atoms with Gasteiger partial charge in [0, 0.05) is 23.3 Å². The lowest BCUT2D eigenvalue weighted by Gasteiger charge is -2.09. The van der Waals surface area contributed by atoms with E-state index in [0.29, 0.717) is 17.3 Å². The van der Waals surface area contributed by atoms with E-state index in [1.54, 1.807) is 24.3 Å². The van der Waals surface area contributed by atoms with Crippen molar-refractivity contribution in [2.24, 2.45) is 5.92 Å². The maximum absolute atomic E-state index is 12.1. The first kappa shape index (κ1) is 19.6. The molecule has 1 fully saturated rings. The third-order valence-corrected chi connectivity index (χ3v) is 4.19. The van der Waals surface area contributed by atoms with E-state index in [-0.39, 0.29) is 11.9 Å². The number of esters is 1. The molecule has 2 aromatic rings. The first-order valence-electron chi connectivity index (χ1n) is 9.03. The Kier molecular flexibility index (Phi) is 6.90. The number of carbonyl (C=O) groups excluding carboxylic acids is 1. The smallest absolute Gasteiger partial charge is 0.314 e. The Labute approximate surface area is 169 Å². The molecule has 1 aromatic heterocycles. The van der Waals surface area contributed by atoms with Gasteiger partial charge in [-0.2, -0.15) is 0 Å². The summed E-state index contributed by atoms with van der Waals surface area (Å²) in [7, 11) is 0. The molecule has 0 N–H and O–H groups in total. The summed E-state index contributed by atoms with van der Waals surface area (Å²) in [5, 5.41) is 0. The van der Waals surface area contributed by atoms with Crippen LogP contribution in [0.2, 0.25) is 0 Å². The summed E-state index contributed by atoms with van der Waals surface area (Å²) in [5.41, 5.74) is 0.793. The van der Waals surface area contributed by atoms with Crippen molar-refractivity contribution < 1.29 is 14.3 Å². The first-order valence-corrected chi connectivity index (χ1v) is 9.03. The Morgan fingerprint density at radius 1 is 0.931 bits per heavy atom. The maximum atomic E-state index is 12.1. The van der Waals surface area contributed by atoms with Crippen LogP contribution >= 0.6 is 0 Å². The topological polar surface area (TPSA) is 61.3 Å². The molecular formula is C24H16N2O3. The van der Waals surface area contributed by atoms with Gasteiger partial charge in [-0.05, 0) is 54.9 Å². The molecule has 1 aliphatic carbocycles. The van der Waals surface area contributed by atoms with E-state index in [2.05, 4.69) is 51.6 Å². The third-order valence-electron chi connectivity index (χ3n) is 4.19. The van der Waals surface area contributed by atoms with Crippen molar-refractivity contribution in [3.63, 3.8) is 0 Å². The van der Waals surface area contributed by atoms with Crippen molar-refractivity contribution in [1.82, 2.24) is 9.97 Å². The molecule has 0 atom stereocenters. The Bertz CT molecular complexity index is 1090. The highest BCUT2D eigenvalue weighted by Crippen LogP contribution is 2.27. The summed E-state index contributed by atoms with van der Waals surface area (Å²) in [6.07, 6.45) is 14.4. The number of ether oxygens (including phenoxy) is 2. The Hall–Kier alpha value is -4.19. The van der Waals surface area contributed by atoms with E-state index in [0.717, 1.165) is 31.2 Å². The molecule has 3 rings (SSSR count). The van der Waals surface area contributed by atoms with Gasteiger partial charge in [0.2, 0.25) is 0 Å². The summed E-state index contributed by atoms with van der Waals surface area (Å²) >= 11 is 0. The second kappa shape index (κ2) is 10.2. The van der Waals surface area contributed by atoms with Crippen LogP contribution in [0.1, 0.15) is 25.7 Å². The van der Waals surface area contributed by atoms with Crippen LogP contribution in [0.25, 0.3) is 11.4 Å². The molecule has 0 spiro atoms. The van der Waals surface area contributed by atoms with Crippen LogP contribution in [0.4, 0.5) is 0 Å². The van der Waals surface area contributed by atoms with E-state index >= 15 is 0 Å². The number of carbonyl (C=O) groups is 1. The lowest BCUT2D eigenvalue weighted by molar-refractivity contribution is -0.138. The molecule has 0 radical (unpaired) electrons. The van der Waals surface area contributed by atoms with Gasteiger partial charge in [-0.3, -0.25) is 4.79 Å². The number of hydrogen-bond donors (Lipinski definition) is 0. The van der Waals surface area contributed by atoms with Crippen molar-refractivity contribution in [2.75, 3.05) is 0 Å².